The number of methoxy groups -OCH3 is 1. The van der Waals surface area contributed by atoms with Crippen molar-refractivity contribution >= 4 is 11.8 Å². The summed E-state index contributed by atoms with van der Waals surface area (Å²) < 4.78 is 35.0. The lowest BCUT2D eigenvalue weighted by molar-refractivity contribution is 0.0601. The second kappa shape index (κ2) is 7.15. The van der Waals surface area contributed by atoms with Crippen LogP contribution in [0.25, 0.3) is 11.1 Å². The molecule has 0 amide bonds. The minimum absolute atomic E-state index is 0.00752. The lowest BCUT2D eigenvalue weighted by Crippen LogP contribution is -2.10. The molecule has 0 radical (unpaired) electrons. The molecule has 0 bridgehead atoms. The Balaban J connectivity index is 2.37. The lowest BCUT2D eigenvalue weighted by atomic mass is 9.93. The first-order valence-electron chi connectivity index (χ1n) is 8.19. The summed E-state index contributed by atoms with van der Waals surface area (Å²) >= 11 is 0. The summed E-state index contributed by atoms with van der Waals surface area (Å²) in [5, 5.41) is 0. The zero-order valence-corrected chi connectivity index (χ0v) is 15.0. The first-order chi connectivity index (χ1) is 12.9. The Hall–Kier alpha value is -3.28. The van der Waals surface area contributed by atoms with Gasteiger partial charge in [0.2, 0.25) is 5.78 Å². The third-order valence-electron chi connectivity index (χ3n) is 4.44. The van der Waals surface area contributed by atoms with Gasteiger partial charge < -0.3 is 9.30 Å². The summed E-state index contributed by atoms with van der Waals surface area (Å²) in [6, 6.07) is 10.4. The number of ketones is 1. The van der Waals surface area contributed by atoms with E-state index in [0.717, 1.165) is 12.1 Å². The summed E-state index contributed by atoms with van der Waals surface area (Å²) in [4.78, 5) is 25.4. The molecule has 0 atom stereocenters. The predicted molar refractivity (Wildman–Crippen MR) is 96.7 cm³/mol. The van der Waals surface area contributed by atoms with Crippen LogP contribution in [0, 0.1) is 18.6 Å². The van der Waals surface area contributed by atoms with E-state index in [1.165, 1.54) is 24.8 Å². The van der Waals surface area contributed by atoms with Crippen molar-refractivity contribution in [2.75, 3.05) is 7.11 Å². The van der Waals surface area contributed by atoms with Crippen molar-refractivity contribution in [3.8, 4) is 11.1 Å². The second-order valence-electron chi connectivity index (χ2n) is 6.09. The zero-order valence-electron chi connectivity index (χ0n) is 15.0. The van der Waals surface area contributed by atoms with Crippen LogP contribution in [0.4, 0.5) is 8.78 Å². The van der Waals surface area contributed by atoms with E-state index in [4.69, 9.17) is 4.74 Å². The standard InChI is InChI=1S/C21H17F2NO3/c1-12-15(22)9-10-16(23)17(12)18-14(21(26)27-3)11-24(2)19(18)20(25)13-7-5-4-6-8-13/h4-11H,1-3H3. The number of aryl methyl sites for hydroxylation is 1. The molecular formula is C21H17F2NO3. The Labute approximate surface area is 155 Å². The van der Waals surface area contributed by atoms with Gasteiger partial charge in [0.05, 0.1) is 18.4 Å². The minimum atomic E-state index is -0.740. The van der Waals surface area contributed by atoms with Crippen LogP contribution in [0.5, 0.6) is 0 Å². The molecule has 0 aliphatic heterocycles. The van der Waals surface area contributed by atoms with Crippen molar-refractivity contribution < 1.29 is 23.1 Å². The highest BCUT2D eigenvalue weighted by Gasteiger charge is 2.29. The number of ether oxygens (including phenoxy) is 1. The molecule has 0 aliphatic rings. The van der Waals surface area contributed by atoms with Gasteiger partial charge in [0.1, 0.15) is 11.6 Å². The molecule has 3 aromatic rings. The van der Waals surface area contributed by atoms with Crippen molar-refractivity contribution in [2.24, 2.45) is 7.05 Å². The highest BCUT2D eigenvalue weighted by Crippen LogP contribution is 2.36. The highest BCUT2D eigenvalue weighted by molar-refractivity contribution is 6.15. The number of carbonyl (C=O) groups is 2. The van der Waals surface area contributed by atoms with Gasteiger partial charge in [-0.1, -0.05) is 30.3 Å². The van der Waals surface area contributed by atoms with E-state index in [9.17, 15) is 18.4 Å². The molecule has 0 saturated heterocycles. The van der Waals surface area contributed by atoms with Gasteiger partial charge in [-0.2, -0.15) is 0 Å². The van der Waals surface area contributed by atoms with E-state index >= 15 is 0 Å². The number of benzene rings is 2. The number of hydrogen-bond acceptors (Lipinski definition) is 3. The average molecular weight is 369 g/mol. The van der Waals surface area contributed by atoms with E-state index < -0.39 is 23.4 Å². The van der Waals surface area contributed by atoms with E-state index in [1.807, 2.05) is 0 Å². The predicted octanol–water partition coefficient (Wildman–Crippen LogP) is 4.30. The average Bonchev–Trinajstić information content (AvgIpc) is 3.01. The first kappa shape index (κ1) is 18.5. The van der Waals surface area contributed by atoms with Crippen molar-refractivity contribution in [1.82, 2.24) is 4.57 Å². The van der Waals surface area contributed by atoms with Crippen molar-refractivity contribution in [3.05, 3.63) is 82.7 Å². The van der Waals surface area contributed by atoms with E-state index in [1.54, 1.807) is 37.4 Å². The Morgan fingerprint density at radius 3 is 2.22 bits per heavy atom. The van der Waals surface area contributed by atoms with E-state index in [2.05, 4.69) is 0 Å². The summed E-state index contributed by atoms with van der Waals surface area (Å²) in [5.41, 5.74) is 0.336. The van der Waals surface area contributed by atoms with E-state index in [0.29, 0.717) is 5.56 Å². The Kier molecular flexibility index (Phi) is 4.90. The first-order valence-corrected chi connectivity index (χ1v) is 8.19. The van der Waals surface area contributed by atoms with Crippen LogP contribution in [0.1, 0.15) is 32.0 Å². The van der Waals surface area contributed by atoms with Crippen molar-refractivity contribution in [1.29, 1.82) is 0 Å². The molecule has 0 aliphatic carbocycles. The molecular weight excluding hydrogens is 352 g/mol. The highest BCUT2D eigenvalue weighted by atomic mass is 19.1. The van der Waals surface area contributed by atoms with Crippen LogP contribution in [0.3, 0.4) is 0 Å². The molecule has 0 spiro atoms. The lowest BCUT2D eigenvalue weighted by Gasteiger charge is -2.12. The van der Waals surface area contributed by atoms with Gasteiger partial charge >= 0.3 is 5.97 Å². The minimum Gasteiger partial charge on any atom is -0.465 e. The fourth-order valence-corrected chi connectivity index (χ4v) is 3.10. The smallest absolute Gasteiger partial charge is 0.340 e. The fraction of sp³-hybridized carbons (Fsp3) is 0.143. The Bertz CT molecular complexity index is 1040. The summed E-state index contributed by atoms with van der Waals surface area (Å²) in [6.45, 7) is 1.40. The maximum absolute atomic E-state index is 14.7. The third kappa shape index (κ3) is 3.14. The molecule has 0 saturated carbocycles. The van der Waals surface area contributed by atoms with Crippen molar-refractivity contribution in [3.63, 3.8) is 0 Å². The van der Waals surface area contributed by atoms with Gasteiger partial charge in [-0.25, -0.2) is 13.6 Å². The second-order valence-corrected chi connectivity index (χ2v) is 6.09. The molecule has 3 rings (SSSR count). The molecule has 6 heteroatoms. The molecule has 0 unspecified atom stereocenters. The fourth-order valence-electron chi connectivity index (χ4n) is 3.10. The number of halogens is 2. The van der Waals surface area contributed by atoms with Crippen LogP contribution >= 0.6 is 0 Å². The van der Waals surface area contributed by atoms with Crippen LogP contribution in [0.2, 0.25) is 0 Å². The van der Waals surface area contributed by atoms with Crippen molar-refractivity contribution in [2.45, 2.75) is 6.92 Å². The number of carbonyl (C=O) groups excluding carboxylic acids is 2. The maximum Gasteiger partial charge on any atom is 0.340 e. The molecule has 0 fully saturated rings. The summed E-state index contributed by atoms with van der Waals surface area (Å²) in [6.07, 6.45) is 1.39. The Morgan fingerprint density at radius 2 is 1.59 bits per heavy atom. The van der Waals surface area contributed by atoms with Crippen LogP contribution in [-0.4, -0.2) is 23.4 Å². The summed E-state index contributed by atoms with van der Waals surface area (Å²) in [7, 11) is 2.76. The third-order valence-corrected chi connectivity index (χ3v) is 4.44. The normalized spacial score (nSPS) is 10.7. The maximum atomic E-state index is 14.7. The van der Waals surface area contributed by atoms with Gasteiger partial charge in [0, 0.05) is 29.9 Å². The molecule has 1 aromatic heterocycles. The van der Waals surface area contributed by atoms with Gasteiger partial charge in [0.25, 0.3) is 0 Å². The largest absolute Gasteiger partial charge is 0.465 e. The monoisotopic (exact) mass is 369 g/mol. The molecule has 2 aromatic carbocycles. The molecule has 138 valence electrons. The van der Waals surface area contributed by atoms with Crippen LogP contribution in [0.15, 0.2) is 48.7 Å². The van der Waals surface area contributed by atoms with E-state index in [-0.39, 0.29) is 27.9 Å². The molecule has 27 heavy (non-hydrogen) atoms. The number of hydrogen-bond donors (Lipinski definition) is 0. The van der Waals surface area contributed by atoms with Gasteiger partial charge in [0.15, 0.2) is 0 Å². The topological polar surface area (TPSA) is 48.3 Å². The molecule has 1 heterocycles. The SMILES string of the molecule is COC(=O)c1cn(C)c(C(=O)c2ccccc2)c1-c1c(F)ccc(F)c1C. The molecule has 0 N–H and O–H groups in total. The number of esters is 1. The van der Waals surface area contributed by atoms with Gasteiger partial charge in [-0.15, -0.1) is 0 Å². The van der Waals surface area contributed by atoms with Crippen LogP contribution < -0.4 is 0 Å². The summed E-state index contributed by atoms with van der Waals surface area (Å²) in [5.74, 6) is -2.52. The molecule has 4 nitrogen and oxygen atoms in total. The van der Waals surface area contributed by atoms with Gasteiger partial charge in [-0.05, 0) is 24.6 Å². The zero-order chi connectivity index (χ0) is 19.7. The Morgan fingerprint density at radius 1 is 0.963 bits per heavy atom. The quantitative estimate of drug-likeness (QED) is 0.509. The van der Waals surface area contributed by atoms with Crippen LogP contribution in [-0.2, 0) is 11.8 Å². The number of rotatable bonds is 4. The number of aromatic nitrogens is 1. The van der Waals surface area contributed by atoms with Gasteiger partial charge in [-0.3, -0.25) is 4.79 Å². The number of nitrogens with zero attached hydrogens (tertiary/aromatic N) is 1.